The van der Waals surface area contributed by atoms with E-state index in [0.717, 1.165) is 12.8 Å². The van der Waals surface area contributed by atoms with Gasteiger partial charge in [-0.25, -0.2) is 18.1 Å². The molecule has 7 heteroatoms. The highest BCUT2D eigenvalue weighted by atomic mass is 32.2. The predicted octanol–water partition coefficient (Wildman–Crippen LogP) is 2.32. The van der Waals surface area contributed by atoms with Crippen molar-refractivity contribution in [3.8, 4) is 0 Å². The number of sulfonamides is 1. The molecule has 0 fully saturated rings. The molecule has 1 aromatic heterocycles. The summed E-state index contributed by atoms with van der Waals surface area (Å²) in [5.41, 5.74) is 0. The Bertz CT molecular complexity index is 506. The first kappa shape index (κ1) is 17.3. The summed E-state index contributed by atoms with van der Waals surface area (Å²) >= 11 is 1.73. The molecular formula is C13H23N3O2S2. The topological polar surface area (TPSA) is 71.1 Å². The summed E-state index contributed by atoms with van der Waals surface area (Å²) in [6.45, 7) is 5.24. The van der Waals surface area contributed by atoms with Crippen LogP contribution in [-0.2, 0) is 10.0 Å². The van der Waals surface area contributed by atoms with Crippen LogP contribution in [0.1, 0.15) is 26.7 Å². The standard InChI is InChI=1S/C13H23N3O2S2/c1-4-8-14-13-12(6-5-9-15-13)20(17,18)16-10-7-11(2)19-3/h5-6,9,11,16H,4,7-8,10H2,1-3H3,(H,14,15). The van der Waals surface area contributed by atoms with Crippen molar-refractivity contribution in [1.29, 1.82) is 0 Å². The second-order valence-corrected chi connectivity index (χ2v) is 7.52. The summed E-state index contributed by atoms with van der Waals surface area (Å²) in [7, 11) is -3.51. The molecule has 1 atom stereocenters. The molecule has 114 valence electrons. The van der Waals surface area contributed by atoms with E-state index in [2.05, 4.69) is 21.9 Å². The Morgan fingerprint density at radius 1 is 1.40 bits per heavy atom. The van der Waals surface area contributed by atoms with Crippen molar-refractivity contribution in [2.75, 3.05) is 24.7 Å². The van der Waals surface area contributed by atoms with Gasteiger partial charge in [0.05, 0.1) is 0 Å². The minimum Gasteiger partial charge on any atom is -0.369 e. The van der Waals surface area contributed by atoms with Gasteiger partial charge in [0.2, 0.25) is 10.0 Å². The van der Waals surface area contributed by atoms with Gasteiger partial charge in [-0.2, -0.15) is 11.8 Å². The Hall–Kier alpha value is -0.790. The van der Waals surface area contributed by atoms with Crippen LogP contribution in [0.25, 0.3) is 0 Å². The quantitative estimate of drug-likeness (QED) is 0.731. The van der Waals surface area contributed by atoms with E-state index in [1.54, 1.807) is 30.1 Å². The average molecular weight is 317 g/mol. The third-order valence-corrected chi connectivity index (χ3v) is 5.38. The molecule has 1 aromatic rings. The second-order valence-electron chi connectivity index (χ2n) is 4.51. The van der Waals surface area contributed by atoms with E-state index in [-0.39, 0.29) is 4.90 Å². The number of pyridine rings is 1. The van der Waals surface area contributed by atoms with Crippen molar-refractivity contribution >= 4 is 27.6 Å². The lowest BCUT2D eigenvalue weighted by atomic mass is 10.3. The Kier molecular flexibility index (Phi) is 7.32. The first-order valence-electron chi connectivity index (χ1n) is 6.72. The maximum absolute atomic E-state index is 12.3. The normalized spacial score (nSPS) is 13.2. The molecule has 0 bridgehead atoms. The summed E-state index contributed by atoms with van der Waals surface area (Å²) in [5, 5.41) is 3.48. The van der Waals surface area contributed by atoms with Crippen molar-refractivity contribution in [1.82, 2.24) is 9.71 Å². The van der Waals surface area contributed by atoms with Gasteiger partial charge in [-0.15, -0.1) is 0 Å². The zero-order valence-corrected chi connectivity index (χ0v) is 13.9. The van der Waals surface area contributed by atoms with Gasteiger partial charge in [-0.3, -0.25) is 0 Å². The second kappa shape index (κ2) is 8.49. The Morgan fingerprint density at radius 2 is 2.15 bits per heavy atom. The molecule has 20 heavy (non-hydrogen) atoms. The molecule has 0 spiro atoms. The van der Waals surface area contributed by atoms with Crippen LogP contribution in [0.3, 0.4) is 0 Å². The van der Waals surface area contributed by atoms with Gasteiger partial charge in [-0.1, -0.05) is 13.8 Å². The SMILES string of the molecule is CCCNc1ncccc1S(=O)(=O)NCCC(C)SC. The number of nitrogens with one attached hydrogen (secondary N) is 2. The van der Waals surface area contributed by atoms with Gasteiger partial charge in [0.25, 0.3) is 0 Å². The minimum absolute atomic E-state index is 0.213. The maximum Gasteiger partial charge on any atom is 0.244 e. The molecule has 0 aliphatic heterocycles. The first-order valence-corrected chi connectivity index (χ1v) is 9.49. The Balaban J connectivity index is 2.76. The van der Waals surface area contributed by atoms with Crippen LogP contribution in [-0.4, -0.2) is 38.0 Å². The summed E-state index contributed by atoms with van der Waals surface area (Å²) in [4.78, 5) is 4.32. The van der Waals surface area contributed by atoms with Crippen LogP contribution >= 0.6 is 11.8 Å². The number of anilines is 1. The summed E-state index contributed by atoms with van der Waals surface area (Å²) in [6, 6.07) is 3.21. The zero-order chi connectivity index (χ0) is 15.0. The van der Waals surface area contributed by atoms with Crippen molar-refractivity contribution in [3.05, 3.63) is 18.3 Å². The fourth-order valence-electron chi connectivity index (χ4n) is 1.58. The lowest BCUT2D eigenvalue weighted by molar-refractivity contribution is 0.579. The van der Waals surface area contributed by atoms with Gasteiger partial charge in [0.1, 0.15) is 10.7 Å². The molecule has 1 rings (SSSR count). The highest BCUT2D eigenvalue weighted by Gasteiger charge is 2.18. The van der Waals surface area contributed by atoms with Crippen LogP contribution < -0.4 is 10.0 Å². The third-order valence-electron chi connectivity index (χ3n) is 2.85. The monoisotopic (exact) mass is 317 g/mol. The van der Waals surface area contributed by atoms with E-state index < -0.39 is 10.0 Å². The Labute approximate surface area is 126 Å². The molecule has 0 saturated heterocycles. The third kappa shape index (κ3) is 5.30. The van der Waals surface area contributed by atoms with Crippen molar-refractivity contribution < 1.29 is 8.42 Å². The van der Waals surface area contributed by atoms with Crippen LogP contribution in [0.5, 0.6) is 0 Å². The smallest absolute Gasteiger partial charge is 0.244 e. The summed E-state index contributed by atoms with van der Waals surface area (Å²) in [5.74, 6) is 0.416. The largest absolute Gasteiger partial charge is 0.369 e. The molecule has 0 saturated carbocycles. The van der Waals surface area contributed by atoms with Crippen molar-refractivity contribution in [3.63, 3.8) is 0 Å². The van der Waals surface area contributed by atoms with E-state index in [0.29, 0.717) is 24.2 Å². The van der Waals surface area contributed by atoms with Gasteiger partial charge < -0.3 is 5.32 Å². The first-order chi connectivity index (χ1) is 9.51. The number of thioether (sulfide) groups is 1. The van der Waals surface area contributed by atoms with E-state index >= 15 is 0 Å². The number of hydrogen-bond donors (Lipinski definition) is 2. The fraction of sp³-hybridized carbons (Fsp3) is 0.615. The van der Waals surface area contributed by atoms with Gasteiger partial charge in [-0.05, 0) is 31.2 Å². The molecule has 0 aliphatic rings. The molecular weight excluding hydrogens is 294 g/mol. The van der Waals surface area contributed by atoms with Gasteiger partial charge >= 0.3 is 0 Å². The summed E-state index contributed by atoms with van der Waals surface area (Å²) in [6.07, 6.45) is 5.33. The van der Waals surface area contributed by atoms with Crippen molar-refractivity contribution in [2.45, 2.75) is 36.8 Å². The van der Waals surface area contributed by atoms with E-state index in [1.165, 1.54) is 0 Å². The van der Waals surface area contributed by atoms with E-state index in [1.807, 2.05) is 13.2 Å². The summed E-state index contributed by atoms with van der Waals surface area (Å²) < 4.78 is 27.2. The highest BCUT2D eigenvalue weighted by molar-refractivity contribution is 7.99. The lowest BCUT2D eigenvalue weighted by Gasteiger charge is -2.13. The van der Waals surface area contributed by atoms with E-state index in [4.69, 9.17) is 0 Å². The zero-order valence-electron chi connectivity index (χ0n) is 12.2. The fourth-order valence-corrected chi connectivity index (χ4v) is 3.11. The van der Waals surface area contributed by atoms with E-state index in [9.17, 15) is 8.42 Å². The average Bonchev–Trinajstić information content (AvgIpc) is 2.45. The lowest BCUT2D eigenvalue weighted by Crippen LogP contribution is -2.27. The van der Waals surface area contributed by atoms with Crippen LogP contribution in [0.4, 0.5) is 5.82 Å². The van der Waals surface area contributed by atoms with Crippen LogP contribution in [0, 0.1) is 0 Å². The molecule has 1 unspecified atom stereocenters. The van der Waals surface area contributed by atoms with Crippen molar-refractivity contribution in [2.24, 2.45) is 0 Å². The molecule has 5 nitrogen and oxygen atoms in total. The molecule has 0 radical (unpaired) electrons. The predicted molar refractivity (Wildman–Crippen MR) is 85.8 cm³/mol. The van der Waals surface area contributed by atoms with Crippen LogP contribution in [0.2, 0.25) is 0 Å². The highest BCUT2D eigenvalue weighted by Crippen LogP contribution is 2.18. The molecule has 0 amide bonds. The number of rotatable bonds is 9. The molecule has 2 N–H and O–H groups in total. The Morgan fingerprint density at radius 3 is 2.80 bits per heavy atom. The molecule has 0 aliphatic carbocycles. The number of aromatic nitrogens is 1. The van der Waals surface area contributed by atoms with Gasteiger partial charge in [0, 0.05) is 24.5 Å². The van der Waals surface area contributed by atoms with Crippen LogP contribution in [0.15, 0.2) is 23.2 Å². The molecule has 1 heterocycles. The number of nitrogens with zero attached hydrogens (tertiary/aromatic N) is 1. The molecule has 0 aromatic carbocycles. The number of hydrogen-bond acceptors (Lipinski definition) is 5. The van der Waals surface area contributed by atoms with Gasteiger partial charge in [0.15, 0.2) is 0 Å². The maximum atomic E-state index is 12.3. The minimum atomic E-state index is -3.51.